The lowest BCUT2D eigenvalue weighted by Crippen LogP contribution is -2.07. The standard InChI is InChI=1S/C21H15F3N6O2/c1-30-17(12-31-18-7-6-15(10-26-18)21(22,23)24)16(11-27-30)20-28-19(29-32-20)14-4-2-13(3-5-14)8-9-25/h2-7,10-11H,8,12H2,1H3. The topological polar surface area (TPSA) is 103 Å². The van der Waals surface area contributed by atoms with E-state index in [1.54, 1.807) is 23.9 Å². The average Bonchev–Trinajstić information content (AvgIpc) is 3.39. The van der Waals surface area contributed by atoms with Gasteiger partial charge in [-0.1, -0.05) is 29.4 Å². The minimum absolute atomic E-state index is 0.0230. The molecule has 0 radical (unpaired) electrons. The van der Waals surface area contributed by atoms with Gasteiger partial charge in [0.1, 0.15) is 6.61 Å². The van der Waals surface area contributed by atoms with E-state index in [4.69, 9.17) is 14.5 Å². The van der Waals surface area contributed by atoms with Crippen molar-refractivity contribution in [2.24, 2.45) is 7.05 Å². The zero-order chi connectivity index (χ0) is 22.7. The van der Waals surface area contributed by atoms with Crippen LogP contribution in [-0.4, -0.2) is 24.9 Å². The SMILES string of the molecule is Cn1ncc(-c2nc(-c3ccc(CC#N)cc3)no2)c1COc1ccc(C(F)(F)F)cn1. The van der Waals surface area contributed by atoms with E-state index in [1.165, 1.54) is 6.20 Å². The number of alkyl halides is 3. The van der Waals surface area contributed by atoms with Crippen LogP contribution in [0.25, 0.3) is 22.8 Å². The smallest absolute Gasteiger partial charge is 0.417 e. The van der Waals surface area contributed by atoms with E-state index in [9.17, 15) is 13.2 Å². The van der Waals surface area contributed by atoms with Gasteiger partial charge < -0.3 is 9.26 Å². The van der Waals surface area contributed by atoms with Crippen molar-refractivity contribution in [1.29, 1.82) is 5.26 Å². The second kappa shape index (κ2) is 8.50. The number of hydrogen-bond acceptors (Lipinski definition) is 7. The quantitative estimate of drug-likeness (QED) is 0.443. The molecule has 0 aliphatic rings. The highest BCUT2D eigenvalue weighted by molar-refractivity contribution is 5.61. The minimum Gasteiger partial charge on any atom is -0.471 e. The molecule has 162 valence electrons. The van der Waals surface area contributed by atoms with Crippen molar-refractivity contribution in [2.45, 2.75) is 19.2 Å². The number of halogens is 3. The molecule has 0 saturated heterocycles. The summed E-state index contributed by atoms with van der Waals surface area (Å²) in [6, 6.07) is 11.4. The largest absolute Gasteiger partial charge is 0.471 e. The van der Waals surface area contributed by atoms with E-state index >= 15 is 0 Å². The van der Waals surface area contributed by atoms with Crippen LogP contribution in [0, 0.1) is 11.3 Å². The van der Waals surface area contributed by atoms with E-state index < -0.39 is 11.7 Å². The van der Waals surface area contributed by atoms with Gasteiger partial charge in [-0.05, 0) is 11.6 Å². The van der Waals surface area contributed by atoms with Gasteiger partial charge in [0, 0.05) is 24.9 Å². The molecule has 32 heavy (non-hydrogen) atoms. The van der Waals surface area contributed by atoms with Crippen LogP contribution in [0.15, 0.2) is 53.3 Å². The fourth-order valence-corrected chi connectivity index (χ4v) is 2.90. The van der Waals surface area contributed by atoms with Gasteiger partial charge in [-0.25, -0.2) is 4.98 Å². The zero-order valence-corrected chi connectivity index (χ0v) is 16.7. The Balaban J connectivity index is 1.51. The molecule has 0 aliphatic heterocycles. The summed E-state index contributed by atoms with van der Waals surface area (Å²) in [5.41, 5.74) is 1.84. The van der Waals surface area contributed by atoms with Crippen molar-refractivity contribution in [3.05, 3.63) is 65.6 Å². The molecule has 8 nitrogen and oxygen atoms in total. The Morgan fingerprint density at radius 1 is 1.12 bits per heavy atom. The molecule has 4 rings (SSSR count). The Morgan fingerprint density at radius 2 is 1.91 bits per heavy atom. The lowest BCUT2D eigenvalue weighted by atomic mass is 10.1. The summed E-state index contributed by atoms with van der Waals surface area (Å²) in [5, 5.41) is 16.9. The van der Waals surface area contributed by atoms with Crippen molar-refractivity contribution < 1.29 is 22.4 Å². The second-order valence-corrected chi connectivity index (χ2v) is 6.76. The van der Waals surface area contributed by atoms with Gasteiger partial charge in [-0.3, -0.25) is 4.68 Å². The summed E-state index contributed by atoms with van der Waals surface area (Å²) in [6.07, 6.45) is -1.91. The van der Waals surface area contributed by atoms with Gasteiger partial charge in [0.25, 0.3) is 5.89 Å². The molecule has 0 N–H and O–H groups in total. The molecule has 1 aromatic carbocycles. The van der Waals surface area contributed by atoms with Crippen LogP contribution in [0.4, 0.5) is 13.2 Å². The van der Waals surface area contributed by atoms with Crippen molar-refractivity contribution in [3.8, 4) is 34.8 Å². The highest BCUT2D eigenvalue weighted by atomic mass is 19.4. The van der Waals surface area contributed by atoms with Gasteiger partial charge >= 0.3 is 6.18 Å². The first-order valence-corrected chi connectivity index (χ1v) is 9.32. The van der Waals surface area contributed by atoms with E-state index in [0.29, 0.717) is 29.7 Å². The third kappa shape index (κ3) is 4.44. The maximum Gasteiger partial charge on any atom is 0.417 e. The number of pyridine rings is 1. The molecule has 3 aromatic heterocycles. The Kier molecular flexibility index (Phi) is 5.59. The van der Waals surface area contributed by atoms with Gasteiger partial charge in [-0.15, -0.1) is 0 Å². The average molecular weight is 440 g/mol. The lowest BCUT2D eigenvalue weighted by Gasteiger charge is -2.09. The van der Waals surface area contributed by atoms with Crippen molar-refractivity contribution in [2.75, 3.05) is 0 Å². The van der Waals surface area contributed by atoms with Gasteiger partial charge in [0.15, 0.2) is 0 Å². The van der Waals surface area contributed by atoms with Crippen LogP contribution in [-0.2, 0) is 26.3 Å². The number of hydrogen-bond donors (Lipinski definition) is 0. The number of aryl methyl sites for hydroxylation is 1. The number of nitriles is 1. The number of aromatic nitrogens is 5. The van der Waals surface area contributed by atoms with Crippen LogP contribution < -0.4 is 4.74 Å². The minimum atomic E-state index is -4.47. The molecule has 0 unspecified atom stereocenters. The molecule has 0 fully saturated rings. The molecule has 4 aromatic rings. The first-order valence-electron chi connectivity index (χ1n) is 9.32. The van der Waals surface area contributed by atoms with Gasteiger partial charge in [0.05, 0.1) is 35.5 Å². The highest BCUT2D eigenvalue weighted by Gasteiger charge is 2.30. The summed E-state index contributed by atoms with van der Waals surface area (Å²) in [6.45, 7) is -0.0230. The molecular formula is C21H15F3N6O2. The predicted molar refractivity (Wildman–Crippen MR) is 105 cm³/mol. The Morgan fingerprint density at radius 3 is 2.56 bits per heavy atom. The molecule has 0 bridgehead atoms. The molecule has 3 heterocycles. The van der Waals surface area contributed by atoms with Crippen LogP contribution in [0.1, 0.15) is 16.8 Å². The van der Waals surface area contributed by atoms with Gasteiger partial charge in [0.2, 0.25) is 11.7 Å². The van der Waals surface area contributed by atoms with Crippen LogP contribution in [0.5, 0.6) is 5.88 Å². The summed E-state index contributed by atoms with van der Waals surface area (Å²) in [5.74, 6) is 0.616. The van der Waals surface area contributed by atoms with E-state index in [2.05, 4.69) is 26.3 Å². The maximum atomic E-state index is 12.7. The highest BCUT2D eigenvalue weighted by Crippen LogP contribution is 2.30. The number of ether oxygens (including phenoxy) is 1. The van der Waals surface area contributed by atoms with Crippen LogP contribution in [0.2, 0.25) is 0 Å². The van der Waals surface area contributed by atoms with Crippen LogP contribution >= 0.6 is 0 Å². The fraction of sp³-hybridized carbons (Fsp3) is 0.190. The molecule has 0 aliphatic carbocycles. The lowest BCUT2D eigenvalue weighted by molar-refractivity contribution is -0.137. The first kappa shape index (κ1) is 21.0. The third-order valence-corrected chi connectivity index (χ3v) is 4.63. The van der Waals surface area contributed by atoms with E-state index in [-0.39, 0.29) is 18.4 Å². The monoisotopic (exact) mass is 440 g/mol. The summed E-state index contributed by atoms with van der Waals surface area (Å²) in [4.78, 5) is 8.10. The molecule has 0 amide bonds. The number of benzene rings is 1. The van der Waals surface area contributed by atoms with Crippen LogP contribution in [0.3, 0.4) is 0 Å². The van der Waals surface area contributed by atoms with E-state index in [0.717, 1.165) is 23.3 Å². The number of nitrogens with zero attached hydrogens (tertiary/aromatic N) is 6. The normalized spacial score (nSPS) is 11.3. The zero-order valence-electron chi connectivity index (χ0n) is 16.7. The Bertz CT molecular complexity index is 1250. The van der Waals surface area contributed by atoms with Gasteiger partial charge in [-0.2, -0.15) is 28.5 Å². The fourth-order valence-electron chi connectivity index (χ4n) is 2.90. The predicted octanol–water partition coefficient (Wildman–Crippen LogP) is 4.20. The molecule has 0 atom stereocenters. The van der Waals surface area contributed by atoms with Crippen molar-refractivity contribution in [3.63, 3.8) is 0 Å². The van der Waals surface area contributed by atoms with Crippen molar-refractivity contribution in [1.82, 2.24) is 24.9 Å². The van der Waals surface area contributed by atoms with Crippen molar-refractivity contribution >= 4 is 0 Å². The molecular weight excluding hydrogens is 425 g/mol. The number of rotatable bonds is 6. The Labute approximate surface area is 179 Å². The van der Waals surface area contributed by atoms with E-state index in [1.807, 2.05) is 12.1 Å². The molecule has 11 heteroatoms. The maximum absolute atomic E-state index is 12.7. The molecule has 0 spiro atoms. The Hall–Kier alpha value is -4.20. The second-order valence-electron chi connectivity index (χ2n) is 6.76. The summed E-state index contributed by atoms with van der Waals surface area (Å²) in [7, 11) is 1.69. The first-order chi connectivity index (χ1) is 15.3. The summed E-state index contributed by atoms with van der Waals surface area (Å²) < 4.78 is 50.5. The summed E-state index contributed by atoms with van der Waals surface area (Å²) >= 11 is 0. The molecule has 0 saturated carbocycles. The third-order valence-electron chi connectivity index (χ3n) is 4.63.